The first kappa shape index (κ1) is 19.1. The molecule has 1 aliphatic rings. The van der Waals surface area contributed by atoms with Crippen molar-refractivity contribution in [2.45, 2.75) is 13.8 Å². The zero-order valence-electron chi connectivity index (χ0n) is 14.9. The van der Waals surface area contributed by atoms with Crippen molar-refractivity contribution >= 4 is 51.7 Å². The third kappa shape index (κ3) is 3.72. The molecule has 0 unspecified atom stereocenters. The number of hydrogen-bond donors (Lipinski definition) is 0. The molecule has 0 atom stereocenters. The Morgan fingerprint density at radius 1 is 1.19 bits per heavy atom. The number of nitro groups is 1. The third-order valence-electron chi connectivity index (χ3n) is 4.25. The van der Waals surface area contributed by atoms with Crippen molar-refractivity contribution in [3.8, 4) is 5.75 Å². The van der Waals surface area contributed by atoms with Crippen molar-refractivity contribution in [1.82, 2.24) is 0 Å². The molecular formula is C19H16N2O4S2. The van der Waals surface area contributed by atoms with Crippen LogP contribution in [0, 0.1) is 24.0 Å². The number of non-ortho nitro benzene ring substituents is 1. The van der Waals surface area contributed by atoms with Crippen molar-refractivity contribution < 1.29 is 14.5 Å². The number of benzene rings is 2. The number of carbonyl (C=O) groups is 1. The van der Waals surface area contributed by atoms with Gasteiger partial charge in [0.25, 0.3) is 11.6 Å². The van der Waals surface area contributed by atoms with Gasteiger partial charge < -0.3 is 4.74 Å². The summed E-state index contributed by atoms with van der Waals surface area (Å²) in [7, 11) is 1.47. The lowest BCUT2D eigenvalue weighted by molar-refractivity contribution is -0.384. The monoisotopic (exact) mass is 400 g/mol. The maximum atomic E-state index is 12.9. The van der Waals surface area contributed by atoms with Gasteiger partial charge in [0.05, 0.1) is 22.6 Å². The molecule has 0 bridgehead atoms. The minimum atomic E-state index is -0.489. The van der Waals surface area contributed by atoms with Crippen molar-refractivity contribution in [3.05, 3.63) is 68.1 Å². The van der Waals surface area contributed by atoms with E-state index >= 15 is 0 Å². The lowest BCUT2D eigenvalue weighted by Gasteiger charge is -2.16. The molecule has 0 N–H and O–H groups in total. The molecule has 3 rings (SSSR count). The zero-order valence-corrected chi connectivity index (χ0v) is 16.5. The lowest BCUT2D eigenvalue weighted by atomic mass is 10.1. The van der Waals surface area contributed by atoms with Crippen molar-refractivity contribution in [2.75, 3.05) is 12.0 Å². The Morgan fingerprint density at radius 2 is 1.93 bits per heavy atom. The van der Waals surface area contributed by atoms with Crippen molar-refractivity contribution in [2.24, 2.45) is 0 Å². The Morgan fingerprint density at radius 3 is 2.56 bits per heavy atom. The number of methoxy groups -OCH3 is 1. The second-order valence-electron chi connectivity index (χ2n) is 5.97. The fraction of sp³-hybridized carbons (Fsp3) is 0.158. The Bertz CT molecular complexity index is 1000. The highest BCUT2D eigenvalue weighted by atomic mass is 32.2. The van der Waals surface area contributed by atoms with Gasteiger partial charge in [0.2, 0.25) is 0 Å². The van der Waals surface area contributed by atoms with Gasteiger partial charge >= 0.3 is 0 Å². The van der Waals surface area contributed by atoms with Crippen LogP contribution in [-0.2, 0) is 4.79 Å². The maximum absolute atomic E-state index is 12.9. The standard InChI is InChI=1S/C19H16N2O4S2/c1-11-4-5-14(8-12(11)2)20-18(22)17(27-19(20)26)10-13-9-15(21(23)24)6-7-16(13)25-3/h4-10H,1-3H3/b17-10+. The summed E-state index contributed by atoms with van der Waals surface area (Å²) in [6.45, 7) is 3.97. The minimum Gasteiger partial charge on any atom is -0.496 e. The van der Waals surface area contributed by atoms with Crippen LogP contribution in [0.2, 0.25) is 0 Å². The second kappa shape index (κ2) is 7.50. The van der Waals surface area contributed by atoms with Gasteiger partial charge in [-0.1, -0.05) is 30.0 Å². The molecule has 2 aromatic rings. The summed E-state index contributed by atoms with van der Waals surface area (Å²) in [6.07, 6.45) is 1.58. The molecular weight excluding hydrogens is 384 g/mol. The molecule has 1 aliphatic heterocycles. The Hall–Kier alpha value is -2.71. The molecule has 138 valence electrons. The second-order valence-corrected chi connectivity index (χ2v) is 7.64. The number of carbonyl (C=O) groups excluding carboxylic acids is 1. The molecule has 0 aromatic heterocycles. The molecule has 0 spiro atoms. The fourth-order valence-electron chi connectivity index (χ4n) is 2.64. The van der Waals surface area contributed by atoms with Crippen LogP contribution in [0.5, 0.6) is 5.75 Å². The van der Waals surface area contributed by atoms with Gasteiger partial charge in [-0.15, -0.1) is 0 Å². The highest BCUT2D eigenvalue weighted by molar-refractivity contribution is 8.27. The number of thioether (sulfide) groups is 1. The molecule has 0 aliphatic carbocycles. The molecule has 1 saturated heterocycles. The number of rotatable bonds is 4. The number of amides is 1. The van der Waals surface area contributed by atoms with E-state index in [2.05, 4.69) is 0 Å². The Labute approximate surface area is 166 Å². The quantitative estimate of drug-likeness (QED) is 0.323. The fourth-order valence-corrected chi connectivity index (χ4v) is 3.93. The highest BCUT2D eigenvalue weighted by Crippen LogP contribution is 2.38. The largest absolute Gasteiger partial charge is 0.496 e. The average Bonchev–Trinajstić information content (AvgIpc) is 2.91. The molecule has 2 aromatic carbocycles. The van der Waals surface area contributed by atoms with E-state index < -0.39 is 4.92 Å². The maximum Gasteiger partial charge on any atom is 0.270 e. The van der Waals surface area contributed by atoms with E-state index in [1.165, 1.54) is 30.2 Å². The molecule has 1 fully saturated rings. The van der Waals surface area contributed by atoms with Gasteiger partial charge in [-0.05, 0) is 49.2 Å². The van der Waals surface area contributed by atoms with Crippen LogP contribution in [0.15, 0.2) is 41.3 Å². The summed E-state index contributed by atoms with van der Waals surface area (Å²) < 4.78 is 5.67. The van der Waals surface area contributed by atoms with E-state index in [-0.39, 0.29) is 11.6 Å². The number of thiocarbonyl (C=S) groups is 1. The molecule has 1 amide bonds. The molecule has 8 heteroatoms. The number of hydrogen-bond acceptors (Lipinski definition) is 6. The summed E-state index contributed by atoms with van der Waals surface area (Å²) in [5, 5.41) is 11.0. The Kier molecular flexibility index (Phi) is 5.29. The molecule has 0 saturated carbocycles. The molecule has 0 radical (unpaired) electrons. The van der Waals surface area contributed by atoms with Crippen LogP contribution in [0.4, 0.5) is 11.4 Å². The van der Waals surface area contributed by atoms with Crippen LogP contribution < -0.4 is 9.64 Å². The minimum absolute atomic E-state index is 0.0771. The first-order valence-corrected chi connectivity index (χ1v) is 9.22. The summed E-state index contributed by atoms with van der Waals surface area (Å²) >= 11 is 6.54. The van der Waals surface area contributed by atoms with Gasteiger partial charge in [0.1, 0.15) is 5.75 Å². The van der Waals surface area contributed by atoms with Crippen LogP contribution in [0.1, 0.15) is 16.7 Å². The van der Waals surface area contributed by atoms with Crippen molar-refractivity contribution in [3.63, 3.8) is 0 Å². The van der Waals surface area contributed by atoms with Crippen molar-refractivity contribution in [1.29, 1.82) is 0 Å². The van der Waals surface area contributed by atoms with Gasteiger partial charge in [0, 0.05) is 17.7 Å². The number of nitrogens with zero attached hydrogens (tertiary/aromatic N) is 2. The van der Waals surface area contributed by atoms with Gasteiger partial charge in [0.15, 0.2) is 4.32 Å². The number of aryl methyl sites for hydroxylation is 2. The van der Waals surface area contributed by atoms with E-state index in [0.717, 1.165) is 22.9 Å². The summed E-state index contributed by atoms with van der Waals surface area (Å²) in [5.41, 5.74) is 3.26. The average molecular weight is 400 g/mol. The van der Waals surface area contributed by atoms with Gasteiger partial charge in [-0.25, -0.2) is 0 Å². The predicted octanol–water partition coefficient (Wildman–Crippen LogP) is 4.63. The number of ether oxygens (including phenoxy) is 1. The summed E-state index contributed by atoms with van der Waals surface area (Å²) in [4.78, 5) is 25.3. The van der Waals surface area contributed by atoms with Gasteiger partial charge in [-0.2, -0.15) is 0 Å². The first-order valence-electron chi connectivity index (χ1n) is 7.99. The van der Waals surface area contributed by atoms with E-state index in [1.807, 2.05) is 32.0 Å². The van der Waals surface area contributed by atoms with Crippen LogP contribution >= 0.6 is 24.0 Å². The van der Waals surface area contributed by atoms with Crippen LogP contribution in [0.25, 0.3) is 6.08 Å². The van der Waals surface area contributed by atoms with E-state index in [4.69, 9.17) is 17.0 Å². The third-order valence-corrected chi connectivity index (χ3v) is 5.56. The smallest absolute Gasteiger partial charge is 0.270 e. The summed E-state index contributed by atoms with van der Waals surface area (Å²) in [6, 6.07) is 9.95. The Balaban J connectivity index is 2.00. The number of nitro benzene ring substituents is 1. The molecule has 27 heavy (non-hydrogen) atoms. The topological polar surface area (TPSA) is 72.7 Å². The lowest BCUT2D eigenvalue weighted by Crippen LogP contribution is -2.27. The first-order chi connectivity index (χ1) is 12.8. The summed E-state index contributed by atoms with van der Waals surface area (Å²) in [5.74, 6) is 0.180. The molecule has 1 heterocycles. The van der Waals surface area contributed by atoms with Crippen LogP contribution in [0.3, 0.4) is 0 Å². The zero-order chi connectivity index (χ0) is 19.7. The van der Waals surface area contributed by atoms with E-state index in [0.29, 0.717) is 26.2 Å². The van der Waals surface area contributed by atoms with Gasteiger partial charge in [-0.3, -0.25) is 19.8 Å². The highest BCUT2D eigenvalue weighted by Gasteiger charge is 2.33. The van der Waals surface area contributed by atoms with Crippen LogP contribution in [-0.4, -0.2) is 22.3 Å². The number of anilines is 1. The van der Waals surface area contributed by atoms with E-state index in [9.17, 15) is 14.9 Å². The normalized spacial score (nSPS) is 15.5. The SMILES string of the molecule is COc1ccc([N+](=O)[O-])cc1/C=C1/SC(=S)N(c2ccc(C)c(C)c2)C1=O. The predicted molar refractivity (Wildman–Crippen MR) is 111 cm³/mol. The van der Waals surface area contributed by atoms with E-state index in [1.54, 1.807) is 6.08 Å². The molecule has 6 nitrogen and oxygen atoms in total.